The fourth-order valence-electron chi connectivity index (χ4n) is 6.64. The normalized spacial score (nSPS) is 28.2. The van der Waals surface area contributed by atoms with Gasteiger partial charge >= 0.3 is 18.2 Å². The molecule has 2 amide bonds. The van der Waals surface area contributed by atoms with Crippen molar-refractivity contribution in [3.8, 4) is 0 Å². The summed E-state index contributed by atoms with van der Waals surface area (Å²) in [5, 5.41) is 0. The van der Waals surface area contributed by atoms with Gasteiger partial charge in [-0.2, -0.15) is 13.2 Å². The largest absolute Gasteiger partial charge is 0.471 e. The molecule has 1 aliphatic carbocycles. The summed E-state index contributed by atoms with van der Waals surface area (Å²) in [5.74, 6) is -2.00. The van der Waals surface area contributed by atoms with Crippen molar-refractivity contribution in [2.45, 2.75) is 68.6 Å². The molecule has 10 heteroatoms. The van der Waals surface area contributed by atoms with Crippen LogP contribution in [-0.2, 0) is 25.5 Å². The highest BCUT2D eigenvalue weighted by atomic mass is 19.4. The molecular weight excluding hydrogens is 525 g/mol. The number of fused-ring (bicyclic) bond motifs is 1. The number of carbonyl (C=O) groups excluding carboxylic acids is 2. The summed E-state index contributed by atoms with van der Waals surface area (Å²) in [6.45, 7) is 0.0525. The Labute approximate surface area is 232 Å². The molecule has 216 valence electrons. The second-order valence-corrected chi connectivity index (χ2v) is 10.8. The molecule has 0 N–H and O–H groups in total. The molecule has 0 bridgehead atoms. The van der Waals surface area contributed by atoms with Crippen LogP contribution in [0.25, 0.3) is 0 Å². The van der Waals surface area contributed by atoms with Crippen LogP contribution in [0.15, 0.2) is 60.7 Å². The Kier molecular flexibility index (Phi) is 8.65. The molecular formula is C30H35F3N2O5. The van der Waals surface area contributed by atoms with Gasteiger partial charge in [-0.1, -0.05) is 60.7 Å². The van der Waals surface area contributed by atoms with Crippen molar-refractivity contribution in [2.24, 2.45) is 5.92 Å². The minimum atomic E-state index is -5.08. The fourth-order valence-corrected chi connectivity index (χ4v) is 6.64. The predicted molar refractivity (Wildman–Crippen MR) is 140 cm³/mol. The standard InChI is InChI=1S/C30H35F3N2O5/c1-38-29(37)35-25-18-39-17-24(25)27(34(28(36)30(31,32)33)16-20-8-4-2-5-9-20)26(35)19-40-23-14-12-22(13-15-23)21-10-6-3-7-11-21/h2-11,22-27H,12-19H2,1H3/t22?,23?,24?,25?,26-,27-/m0/s1. The van der Waals surface area contributed by atoms with Crippen LogP contribution in [0.5, 0.6) is 0 Å². The van der Waals surface area contributed by atoms with Gasteiger partial charge in [0.2, 0.25) is 0 Å². The molecule has 1 saturated carbocycles. The lowest BCUT2D eigenvalue weighted by Crippen LogP contribution is -2.56. The maximum Gasteiger partial charge on any atom is 0.471 e. The predicted octanol–water partition coefficient (Wildman–Crippen LogP) is 5.15. The highest BCUT2D eigenvalue weighted by Crippen LogP contribution is 2.41. The van der Waals surface area contributed by atoms with Gasteiger partial charge in [-0.15, -0.1) is 0 Å². The highest BCUT2D eigenvalue weighted by molar-refractivity contribution is 5.82. The Morgan fingerprint density at radius 3 is 2.25 bits per heavy atom. The van der Waals surface area contributed by atoms with Gasteiger partial charge in [0.25, 0.3) is 0 Å². The van der Waals surface area contributed by atoms with Gasteiger partial charge in [-0.25, -0.2) is 4.79 Å². The zero-order valence-electron chi connectivity index (χ0n) is 22.5. The summed E-state index contributed by atoms with van der Waals surface area (Å²) in [7, 11) is 1.24. The molecule has 2 unspecified atom stereocenters. The molecule has 3 aliphatic rings. The van der Waals surface area contributed by atoms with Crippen LogP contribution in [0.3, 0.4) is 0 Å². The van der Waals surface area contributed by atoms with Crippen LogP contribution in [-0.4, -0.2) is 79.1 Å². The van der Waals surface area contributed by atoms with Crippen LogP contribution in [0, 0.1) is 5.92 Å². The number of hydrogen-bond donors (Lipinski definition) is 0. The van der Waals surface area contributed by atoms with E-state index in [0.29, 0.717) is 11.5 Å². The second-order valence-electron chi connectivity index (χ2n) is 10.8. The number of methoxy groups -OCH3 is 1. The summed E-state index contributed by atoms with van der Waals surface area (Å²) < 4.78 is 58.8. The molecule has 2 aliphatic heterocycles. The van der Waals surface area contributed by atoms with Gasteiger partial charge in [0.05, 0.1) is 51.2 Å². The molecule has 2 aromatic rings. The molecule has 0 spiro atoms. The molecule has 2 saturated heterocycles. The Morgan fingerprint density at radius 1 is 0.975 bits per heavy atom. The number of halogens is 3. The number of nitrogens with zero attached hydrogens (tertiary/aromatic N) is 2. The van der Waals surface area contributed by atoms with Crippen LogP contribution in [0.4, 0.5) is 18.0 Å². The maximum absolute atomic E-state index is 13.9. The van der Waals surface area contributed by atoms with Crippen LogP contribution >= 0.6 is 0 Å². The maximum atomic E-state index is 13.9. The number of hydrogen-bond acceptors (Lipinski definition) is 5. The summed E-state index contributed by atoms with van der Waals surface area (Å²) in [6.07, 6.45) is -2.34. The van der Waals surface area contributed by atoms with Gasteiger partial charge in [0.15, 0.2) is 0 Å². The van der Waals surface area contributed by atoms with E-state index in [-0.39, 0.29) is 32.5 Å². The number of rotatable bonds is 7. The molecule has 7 nitrogen and oxygen atoms in total. The van der Waals surface area contributed by atoms with E-state index in [1.165, 1.54) is 17.6 Å². The van der Waals surface area contributed by atoms with E-state index in [4.69, 9.17) is 14.2 Å². The second kappa shape index (κ2) is 12.2. The van der Waals surface area contributed by atoms with E-state index in [1.54, 1.807) is 30.3 Å². The molecule has 2 heterocycles. The first-order valence-electron chi connectivity index (χ1n) is 13.8. The molecule has 4 atom stereocenters. The van der Waals surface area contributed by atoms with E-state index in [0.717, 1.165) is 30.6 Å². The molecule has 5 rings (SSSR count). The minimum Gasteiger partial charge on any atom is -0.453 e. The monoisotopic (exact) mass is 560 g/mol. The zero-order valence-corrected chi connectivity index (χ0v) is 22.5. The van der Waals surface area contributed by atoms with Crippen molar-refractivity contribution < 1.29 is 37.0 Å². The van der Waals surface area contributed by atoms with Gasteiger partial charge in [0.1, 0.15) is 0 Å². The van der Waals surface area contributed by atoms with E-state index in [9.17, 15) is 22.8 Å². The zero-order chi connectivity index (χ0) is 28.3. The smallest absolute Gasteiger partial charge is 0.453 e. The number of likely N-dealkylation sites (tertiary alicyclic amines) is 1. The number of ether oxygens (including phenoxy) is 3. The first kappa shape index (κ1) is 28.4. The van der Waals surface area contributed by atoms with Crippen molar-refractivity contribution in [2.75, 3.05) is 26.9 Å². The van der Waals surface area contributed by atoms with Crippen LogP contribution < -0.4 is 0 Å². The van der Waals surface area contributed by atoms with Gasteiger partial charge in [-0.05, 0) is 42.7 Å². The number of carbonyl (C=O) groups is 2. The molecule has 0 aromatic heterocycles. The third kappa shape index (κ3) is 5.98. The molecule has 0 radical (unpaired) electrons. The van der Waals surface area contributed by atoms with Crippen molar-refractivity contribution in [3.63, 3.8) is 0 Å². The third-order valence-corrected chi connectivity index (χ3v) is 8.53. The Bertz CT molecular complexity index is 1140. The lowest BCUT2D eigenvalue weighted by atomic mass is 9.83. The SMILES string of the molecule is COC(=O)N1C2COCC2[C@H](N(Cc2ccccc2)C(=O)C(F)(F)F)[C@@H]1COC1CCC(c2ccccc2)CC1. The lowest BCUT2D eigenvalue weighted by molar-refractivity contribution is -0.190. The Hall–Kier alpha value is -3.11. The minimum absolute atomic E-state index is 0.00383. The lowest BCUT2D eigenvalue weighted by Gasteiger charge is -2.38. The summed E-state index contributed by atoms with van der Waals surface area (Å²) in [5.41, 5.74) is 1.86. The highest BCUT2D eigenvalue weighted by Gasteiger charge is 2.59. The number of alkyl halides is 3. The average Bonchev–Trinajstić information content (AvgIpc) is 3.55. The summed E-state index contributed by atoms with van der Waals surface area (Å²) in [4.78, 5) is 28.2. The van der Waals surface area contributed by atoms with Crippen molar-refractivity contribution >= 4 is 12.0 Å². The van der Waals surface area contributed by atoms with E-state index < -0.39 is 42.2 Å². The van der Waals surface area contributed by atoms with E-state index in [2.05, 4.69) is 12.1 Å². The fraction of sp³-hybridized carbons (Fsp3) is 0.533. The topological polar surface area (TPSA) is 68.3 Å². The first-order chi connectivity index (χ1) is 19.3. The van der Waals surface area contributed by atoms with Crippen LogP contribution in [0.1, 0.15) is 42.7 Å². The van der Waals surface area contributed by atoms with E-state index in [1.807, 2.05) is 18.2 Å². The summed E-state index contributed by atoms with van der Waals surface area (Å²) in [6, 6.07) is 16.6. The molecule has 2 aromatic carbocycles. The number of benzene rings is 2. The van der Waals surface area contributed by atoms with Crippen LogP contribution in [0.2, 0.25) is 0 Å². The van der Waals surface area contributed by atoms with Crippen molar-refractivity contribution in [1.29, 1.82) is 0 Å². The first-order valence-corrected chi connectivity index (χ1v) is 13.8. The molecule has 3 fully saturated rings. The Balaban J connectivity index is 1.38. The van der Waals surface area contributed by atoms with Crippen molar-refractivity contribution in [1.82, 2.24) is 9.80 Å². The summed E-state index contributed by atoms with van der Waals surface area (Å²) >= 11 is 0. The van der Waals surface area contributed by atoms with Crippen molar-refractivity contribution in [3.05, 3.63) is 71.8 Å². The molecule has 40 heavy (non-hydrogen) atoms. The van der Waals surface area contributed by atoms with E-state index >= 15 is 0 Å². The Morgan fingerprint density at radius 2 is 1.62 bits per heavy atom. The quantitative estimate of drug-likeness (QED) is 0.469. The van der Waals surface area contributed by atoms with Gasteiger partial charge in [-0.3, -0.25) is 9.69 Å². The third-order valence-electron chi connectivity index (χ3n) is 8.53. The average molecular weight is 561 g/mol. The number of amides is 2. The van der Waals surface area contributed by atoms with Gasteiger partial charge < -0.3 is 19.1 Å². The van der Waals surface area contributed by atoms with Gasteiger partial charge in [0, 0.05) is 12.5 Å².